The van der Waals surface area contributed by atoms with Gasteiger partial charge in [0, 0.05) is 10.0 Å². The van der Waals surface area contributed by atoms with E-state index >= 15 is 0 Å². The molecule has 0 aliphatic rings. The van der Waals surface area contributed by atoms with Crippen molar-refractivity contribution in [3.63, 3.8) is 0 Å². The minimum atomic E-state index is -1.06. The molecule has 1 aromatic heterocycles. The smallest absolute Gasteiger partial charge is 0.123 e. The summed E-state index contributed by atoms with van der Waals surface area (Å²) in [4.78, 5) is 0.765. The van der Waals surface area contributed by atoms with E-state index in [1.165, 1.54) is 11.3 Å². The van der Waals surface area contributed by atoms with Crippen molar-refractivity contribution >= 4 is 38.9 Å². The third kappa shape index (κ3) is 2.05. The molecule has 0 radical (unpaired) electrons. The molecule has 0 amide bonds. The van der Waals surface area contributed by atoms with E-state index in [0.717, 1.165) is 14.9 Å². The highest BCUT2D eigenvalue weighted by Crippen LogP contribution is 2.40. The number of hydrogen-bond donors (Lipinski definition) is 1. The van der Waals surface area contributed by atoms with Crippen molar-refractivity contribution in [2.75, 3.05) is 0 Å². The van der Waals surface area contributed by atoms with Crippen LogP contribution in [0, 0.1) is 0 Å². The molecule has 84 valence electrons. The molecule has 0 saturated carbocycles. The van der Waals surface area contributed by atoms with E-state index in [-0.39, 0.29) is 0 Å². The molecule has 1 aromatic carbocycles. The molecule has 1 N–H and O–H groups in total. The fourth-order valence-electron chi connectivity index (χ4n) is 1.62. The van der Waals surface area contributed by atoms with E-state index in [4.69, 9.17) is 11.6 Å². The summed E-state index contributed by atoms with van der Waals surface area (Å²) in [6, 6.07) is 9.41. The van der Waals surface area contributed by atoms with Gasteiger partial charge in [-0.2, -0.15) is 0 Å². The van der Waals surface area contributed by atoms with E-state index in [0.29, 0.717) is 5.02 Å². The molecule has 2 aromatic rings. The number of thiophene rings is 1. The number of halogens is 2. The monoisotopic (exact) mass is 316 g/mol. The summed E-state index contributed by atoms with van der Waals surface area (Å²) in [5.41, 5.74) is -0.245. The van der Waals surface area contributed by atoms with Crippen molar-refractivity contribution in [2.45, 2.75) is 12.5 Å². The van der Waals surface area contributed by atoms with Gasteiger partial charge >= 0.3 is 0 Å². The predicted molar refractivity (Wildman–Crippen MR) is 72.1 cm³/mol. The molecular formula is C12H10BrClOS. The lowest BCUT2D eigenvalue weighted by Gasteiger charge is -2.24. The number of hydrogen-bond acceptors (Lipinski definition) is 2. The van der Waals surface area contributed by atoms with Crippen LogP contribution in [0.2, 0.25) is 5.02 Å². The van der Waals surface area contributed by atoms with Gasteiger partial charge in [-0.3, -0.25) is 0 Å². The minimum absolute atomic E-state index is 0.603. The quantitative estimate of drug-likeness (QED) is 0.869. The molecular weight excluding hydrogens is 308 g/mol. The first kappa shape index (κ1) is 12.1. The maximum absolute atomic E-state index is 10.6. The topological polar surface area (TPSA) is 20.2 Å². The fraction of sp³-hybridized carbons (Fsp3) is 0.167. The van der Waals surface area contributed by atoms with E-state index in [1.807, 2.05) is 29.6 Å². The van der Waals surface area contributed by atoms with Crippen LogP contribution >= 0.6 is 38.9 Å². The van der Waals surface area contributed by atoms with Crippen molar-refractivity contribution in [1.29, 1.82) is 0 Å². The van der Waals surface area contributed by atoms with Crippen LogP contribution in [0.15, 0.2) is 40.2 Å². The Balaban J connectivity index is 2.55. The standard InChI is InChI=1S/C12H10BrClOS/c1-12(15,11-10(14)6-7-16-11)8-4-2-3-5-9(8)13/h2-7,15H,1H3. The summed E-state index contributed by atoms with van der Waals surface area (Å²) in [5, 5.41) is 13.1. The van der Waals surface area contributed by atoms with Gasteiger partial charge in [-0.05, 0) is 24.4 Å². The molecule has 1 nitrogen and oxygen atoms in total. The van der Waals surface area contributed by atoms with Crippen molar-refractivity contribution < 1.29 is 5.11 Å². The normalized spacial score (nSPS) is 14.8. The summed E-state index contributed by atoms with van der Waals surface area (Å²) in [7, 11) is 0. The Kier molecular flexibility index (Phi) is 3.40. The van der Waals surface area contributed by atoms with Crippen LogP contribution in [-0.4, -0.2) is 5.11 Å². The zero-order valence-electron chi connectivity index (χ0n) is 8.58. The highest BCUT2D eigenvalue weighted by Gasteiger charge is 2.30. The number of benzene rings is 1. The van der Waals surface area contributed by atoms with Gasteiger partial charge in [0.05, 0.1) is 9.90 Å². The first-order valence-electron chi connectivity index (χ1n) is 4.74. The molecule has 0 fully saturated rings. The summed E-state index contributed by atoms with van der Waals surface area (Å²) < 4.78 is 0.879. The number of aliphatic hydroxyl groups is 1. The van der Waals surface area contributed by atoms with E-state index in [2.05, 4.69) is 15.9 Å². The summed E-state index contributed by atoms with van der Waals surface area (Å²) >= 11 is 11.0. The highest BCUT2D eigenvalue weighted by molar-refractivity contribution is 9.10. The lowest BCUT2D eigenvalue weighted by Crippen LogP contribution is -2.22. The lowest BCUT2D eigenvalue weighted by atomic mass is 9.94. The first-order valence-corrected chi connectivity index (χ1v) is 6.79. The van der Waals surface area contributed by atoms with Crippen LogP contribution in [0.4, 0.5) is 0 Å². The lowest BCUT2D eigenvalue weighted by molar-refractivity contribution is 0.106. The number of rotatable bonds is 2. The van der Waals surface area contributed by atoms with Gasteiger partial charge in [-0.25, -0.2) is 0 Å². The van der Waals surface area contributed by atoms with Gasteiger partial charge in [0.25, 0.3) is 0 Å². The summed E-state index contributed by atoms with van der Waals surface area (Å²) in [6.45, 7) is 1.75. The van der Waals surface area contributed by atoms with Gasteiger partial charge in [0.2, 0.25) is 0 Å². The first-order chi connectivity index (χ1) is 7.53. The zero-order chi connectivity index (χ0) is 11.8. The molecule has 0 bridgehead atoms. The largest absolute Gasteiger partial charge is 0.380 e. The minimum Gasteiger partial charge on any atom is -0.380 e. The highest BCUT2D eigenvalue weighted by atomic mass is 79.9. The summed E-state index contributed by atoms with van der Waals surface area (Å²) in [5.74, 6) is 0. The Hall–Kier alpha value is -0.350. The van der Waals surface area contributed by atoms with Gasteiger partial charge in [-0.15, -0.1) is 11.3 Å². The molecule has 2 rings (SSSR count). The second-order valence-electron chi connectivity index (χ2n) is 3.65. The van der Waals surface area contributed by atoms with E-state index in [1.54, 1.807) is 13.0 Å². The molecule has 0 spiro atoms. The Morgan fingerprint density at radius 2 is 2.00 bits per heavy atom. The van der Waals surface area contributed by atoms with E-state index in [9.17, 15) is 5.11 Å². The van der Waals surface area contributed by atoms with Crippen LogP contribution in [-0.2, 0) is 5.60 Å². The maximum Gasteiger partial charge on any atom is 0.123 e. The van der Waals surface area contributed by atoms with Gasteiger partial charge in [0.15, 0.2) is 0 Å². The Bertz CT molecular complexity index is 507. The summed E-state index contributed by atoms with van der Waals surface area (Å²) in [6.07, 6.45) is 0. The van der Waals surface area contributed by atoms with Crippen molar-refractivity contribution in [3.8, 4) is 0 Å². The van der Waals surface area contributed by atoms with Crippen LogP contribution in [0.5, 0.6) is 0 Å². The molecule has 1 unspecified atom stereocenters. The average Bonchev–Trinajstić information content (AvgIpc) is 2.65. The van der Waals surface area contributed by atoms with Crippen LogP contribution in [0.25, 0.3) is 0 Å². The van der Waals surface area contributed by atoms with Crippen molar-refractivity contribution in [1.82, 2.24) is 0 Å². The average molecular weight is 318 g/mol. The van der Waals surface area contributed by atoms with Crippen molar-refractivity contribution in [2.24, 2.45) is 0 Å². The third-order valence-electron chi connectivity index (χ3n) is 2.46. The second-order valence-corrected chi connectivity index (χ2v) is 5.83. The van der Waals surface area contributed by atoms with Gasteiger partial charge in [0.1, 0.15) is 5.60 Å². The predicted octanol–water partition coefficient (Wildman–Crippen LogP) is 4.42. The molecule has 0 saturated heterocycles. The Morgan fingerprint density at radius 3 is 2.56 bits per heavy atom. The third-order valence-corrected chi connectivity index (χ3v) is 4.70. The molecule has 0 aliphatic heterocycles. The fourth-order valence-corrected chi connectivity index (χ4v) is 3.61. The maximum atomic E-state index is 10.6. The van der Waals surface area contributed by atoms with Gasteiger partial charge in [-0.1, -0.05) is 45.7 Å². The zero-order valence-corrected chi connectivity index (χ0v) is 11.7. The van der Waals surface area contributed by atoms with Crippen LogP contribution < -0.4 is 0 Å². The molecule has 4 heteroatoms. The molecule has 1 heterocycles. The van der Waals surface area contributed by atoms with Gasteiger partial charge < -0.3 is 5.11 Å². The SMILES string of the molecule is CC(O)(c1ccccc1Br)c1sccc1Cl. The van der Waals surface area contributed by atoms with Crippen LogP contribution in [0.3, 0.4) is 0 Å². The second kappa shape index (κ2) is 4.49. The Labute approximate surface area is 112 Å². The van der Waals surface area contributed by atoms with Crippen molar-refractivity contribution in [3.05, 3.63) is 55.6 Å². The van der Waals surface area contributed by atoms with E-state index < -0.39 is 5.60 Å². The molecule has 0 aliphatic carbocycles. The molecule has 16 heavy (non-hydrogen) atoms. The molecule has 1 atom stereocenters. The Morgan fingerprint density at radius 1 is 1.31 bits per heavy atom. The van der Waals surface area contributed by atoms with Crippen LogP contribution in [0.1, 0.15) is 17.4 Å².